The summed E-state index contributed by atoms with van der Waals surface area (Å²) in [6, 6.07) is 10.7. The van der Waals surface area contributed by atoms with Gasteiger partial charge >= 0.3 is 0 Å². The summed E-state index contributed by atoms with van der Waals surface area (Å²) in [5.41, 5.74) is 4.62. The lowest BCUT2D eigenvalue weighted by atomic mass is 10.3. The van der Waals surface area contributed by atoms with Gasteiger partial charge in [0.05, 0.1) is 20.1 Å². The molecule has 120 valence electrons. The molecule has 1 N–H and O–H groups in total. The number of rotatable bonds is 4. The fraction of sp³-hybridized carbons (Fsp3) is 0.143. The van der Waals surface area contributed by atoms with Crippen LogP contribution in [0.4, 0.5) is 14.5 Å². The van der Waals surface area contributed by atoms with Crippen molar-refractivity contribution < 1.29 is 8.78 Å². The highest BCUT2D eigenvalue weighted by Gasteiger charge is 2.14. The van der Waals surface area contributed by atoms with Crippen molar-refractivity contribution in [1.29, 1.82) is 0 Å². The van der Waals surface area contributed by atoms with E-state index in [-0.39, 0.29) is 0 Å². The zero-order valence-electron chi connectivity index (χ0n) is 11.5. The molecule has 0 fully saturated rings. The average Bonchev–Trinajstić information content (AvgIpc) is 2.96. The predicted octanol–water partition coefficient (Wildman–Crippen LogP) is 5.55. The topological polar surface area (TPSA) is 36.8 Å². The molecule has 9 heteroatoms. The van der Waals surface area contributed by atoms with Gasteiger partial charge in [-0.05, 0) is 52.3 Å². The molecule has 0 unspecified atom stereocenters. The van der Waals surface area contributed by atoms with Gasteiger partial charge in [0.15, 0.2) is 5.17 Å². The molecule has 1 aromatic carbocycles. The Balaban J connectivity index is 1.66. The number of alkyl halides is 2. The molecule has 3 rings (SSSR count). The summed E-state index contributed by atoms with van der Waals surface area (Å²) < 4.78 is 25.6. The second-order valence-electron chi connectivity index (χ2n) is 4.35. The summed E-state index contributed by atoms with van der Waals surface area (Å²) >= 11 is 7.16. The van der Waals surface area contributed by atoms with Crippen LogP contribution in [0.25, 0.3) is 0 Å². The number of nitrogens with zero attached hydrogens (tertiary/aromatic N) is 2. The van der Waals surface area contributed by atoms with E-state index in [2.05, 4.69) is 31.4 Å². The lowest BCUT2D eigenvalue weighted by molar-refractivity contribution is 0.252. The number of aliphatic imine (C=N–C) groups is 1. The van der Waals surface area contributed by atoms with Gasteiger partial charge in [0, 0.05) is 10.6 Å². The molecule has 0 spiro atoms. The van der Waals surface area contributed by atoms with Crippen molar-refractivity contribution in [2.24, 2.45) is 10.1 Å². The molecule has 1 aliphatic rings. The van der Waals surface area contributed by atoms with Gasteiger partial charge in [-0.15, -0.1) is 11.3 Å². The number of halogens is 3. The first-order chi connectivity index (χ1) is 11.1. The minimum Gasteiger partial charge on any atom is -0.255 e. The Morgan fingerprint density at radius 3 is 2.57 bits per heavy atom. The monoisotopic (exact) mass is 433 g/mol. The van der Waals surface area contributed by atoms with Gasteiger partial charge in [0.2, 0.25) is 0 Å². The Morgan fingerprint density at radius 1 is 1.22 bits per heavy atom. The van der Waals surface area contributed by atoms with Crippen molar-refractivity contribution in [2.75, 3.05) is 5.75 Å². The van der Waals surface area contributed by atoms with Gasteiger partial charge in [-0.1, -0.05) is 23.5 Å². The maximum absolute atomic E-state index is 12.3. The highest BCUT2D eigenvalue weighted by molar-refractivity contribution is 9.11. The summed E-state index contributed by atoms with van der Waals surface area (Å²) in [6.45, 7) is 0. The third kappa shape index (κ3) is 4.79. The molecule has 2 heterocycles. The molecule has 23 heavy (non-hydrogen) atoms. The molecular weight excluding hydrogens is 424 g/mol. The number of hydrazone groups is 1. The van der Waals surface area contributed by atoms with Crippen molar-refractivity contribution in [3.05, 3.63) is 45.1 Å². The van der Waals surface area contributed by atoms with Crippen LogP contribution in [-0.2, 0) is 0 Å². The average molecular weight is 434 g/mol. The Bertz CT molecular complexity index is 744. The van der Waals surface area contributed by atoms with Crippen molar-refractivity contribution >= 4 is 67.4 Å². The minimum absolute atomic E-state index is 0.525. The zero-order chi connectivity index (χ0) is 16.2. The Morgan fingerprint density at radius 2 is 2.00 bits per heavy atom. The molecule has 0 saturated heterocycles. The molecule has 0 saturated carbocycles. The van der Waals surface area contributed by atoms with Gasteiger partial charge in [-0.3, -0.25) is 5.43 Å². The molecule has 0 amide bonds. The van der Waals surface area contributed by atoms with Gasteiger partial charge in [-0.2, -0.15) is 13.9 Å². The molecule has 0 radical (unpaired) electrons. The molecule has 1 aliphatic heterocycles. The van der Waals surface area contributed by atoms with Crippen molar-refractivity contribution in [2.45, 2.75) is 10.7 Å². The molecule has 0 atom stereocenters. The van der Waals surface area contributed by atoms with E-state index in [9.17, 15) is 8.78 Å². The van der Waals surface area contributed by atoms with Crippen molar-refractivity contribution in [1.82, 2.24) is 5.43 Å². The molecule has 0 bridgehead atoms. The van der Waals surface area contributed by atoms with Crippen LogP contribution in [0, 0.1) is 0 Å². The second kappa shape index (κ2) is 7.78. The fourth-order valence-electron chi connectivity index (χ4n) is 1.79. The normalized spacial score (nSPS) is 16.5. The van der Waals surface area contributed by atoms with E-state index in [1.807, 2.05) is 12.1 Å². The number of thiophene rings is 1. The SMILES string of the molecule is FC(F)Sc1ccc(N=C2NN=C(c3ccc(Br)s3)CS2)cc1. The predicted molar refractivity (Wildman–Crippen MR) is 99.5 cm³/mol. The molecule has 0 aliphatic carbocycles. The number of benzene rings is 1. The van der Waals surface area contributed by atoms with E-state index in [4.69, 9.17) is 0 Å². The molecular formula is C14H10BrF2N3S3. The summed E-state index contributed by atoms with van der Waals surface area (Å²) in [4.78, 5) is 6.07. The van der Waals surface area contributed by atoms with Crippen LogP contribution in [0.1, 0.15) is 4.88 Å². The Labute approximate surface area is 152 Å². The molecule has 3 nitrogen and oxygen atoms in total. The van der Waals surface area contributed by atoms with E-state index in [0.29, 0.717) is 27.5 Å². The number of amidine groups is 1. The standard InChI is InChI=1S/C14H10BrF2N3S3/c15-12-6-5-11(23-12)10-7-21-14(20-19-10)18-8-1-3-9(4-2-8)22-13(16)17/h1-6,13H,7H2,(H,18,20). The van der Waals surface area contributed by atoms with Crippen LogP contribution in [0.5, 0.6) is 0 Å². The summed E-state index contributed by atoms with van der Waals surface area (Å²) in [5, 5.41) is 5.04. The number of hydrogen-bond donors (Lipinski definition) is 1. The van der Waals surface area contributed by atoms with Crippen LogP contribution in [0.2, 0.25) is 0 Å². The third-order valence-electron chi connectivity index (χ3n) is 2.78. The smallest absolute Gasteiger partial charge is 0.255 e. The zero-order valence-corrected chi connectivity index (χ0v) is 15.5. The van der Waals surface area contributed by atoms with Crippen molar-refractivity contribution in [3.63, 3.8) is 0 Å². The second-order valence-corrected chi connectivity index (χ2v) is 8.84. The molecule has 2 aromatic rings. The van der Waals surface area contributed by atoms with Gasteiger partial charge < -0.3 is 0 Å². The highest BCUT2D eigenvalue weighted by atomic mass is 79.9. The summed E-state index contributed by atoms with van der Waals surface area (Å²) in [6.07, 6.45) is 0. The quantitative estimate of drug-likeness (QED) is 0.641. The Hall–Kier alpha value is -0.900. The minimum atomic E-state index is -2.41. The number of nitrogens with one attached hydrogen (secondary N) is 1. The first kappa shape index (κ1) is 16.9. The van der Waals surface area contributed by atoms with Crippen LogP contribution in [0.3, 0.4) is 0 Å². The summed E-state index contributed by atoms with van der Waals surface area (Å²) in [7, 11) is 0. The first-order valence-corrected chi connectivity index (χ1v) is 9.92. The van der Waals surface area contributed by atoms with Crippen LogP contribution in [-0.4, -0.2) is 22.4 Å². The number of thioether (sulfide) groups is 2. The van der Waals surface area contributed by atoms with E-state index in [1.165, 1.54) is 0 Å². The highest BCUT2D eigenvalue weighted by Crippen LogP contribution is 2.28. The third-order valence-corrected chi connectivity index (χ3v) is 6.05. The largest absolute Gasteiger partial charge is 0.288 e. The van der Waals surface area contributed by atoms with Crippen LogP contribution >= 0.6 is 50.8 Å². The summed E-state index contributed by atoms with van der Waals surface area (Å²) in [5.74, 6) is -1.68. The van der Waals surface area contributed by atoms with Crippen LogP contribution < -0.4 is 5.43 Å². The lowest BCUT2D eigenvalue weighted by Crippen LogP contribution is -2.24. The first-order valence-electron chi connectivity index (χ1n) is 6.45. The van der Waals surface area contributed by atoms with Crippen LogP contribution in [0.15, 0.2) is 55.2 Å². The maximum atomic E-state index is 12.3. The van der Waals surface area contributed by atoms with E-state index >= 15 is 0 Å². The van der Waals surface area contributed by atoms with E-state index in [0.717, 1.165) is 20.1 Å². The fourth-order valence-corrected chi connectivity index (χ4v) is 4.53. The number of hydrogen-bond acceptors (Lipinski definition) is 5. The van der Waals surface area contributed by atoms with Gasteiger partial charge in [-0.25, -0.2) is 4.99 Å². The van der Waals surface area contributed by atoms with E-state index < -0.39 is 5.76 Å². The molecule has 1 aromatic heterocycles. The van der Waals surface area contributed by atoms with Gasteiger partial charge in [0.1, 0.15) is 0 Å². The Kier molecular flexibility index (Phi) is 5.73. The van der Waals surface area contributed by atoms with E-state index in [1.54, 1.807) is 47.4 Å². The lowest BCUT2D eigenvalue weighted by Gasteiger charge is -2.13. The van der Waals surface area contributed by atoms with Gasteiger partial charge in [0.25, 0.3) is 5.76 Å². The maximum Gasteiger partial charge on any atom is 0.288 e. The van der Waals surface area contributed by atoms with Crippen molar-refractivity contribution in [3.8, 4) is 0 Å².